The molecule has 0 bridgehead atoms. The highest BCUT2D eigenvalue weighted by Crippen LogP contribution is 2.28. The van der Waals surface area contributed by atoms with Gasteiger partial charge in [-0.25, -0.2) is 0 Å². The number of methoxy groups -OCH3 is 1. The van der Waals surface area contributed by atoms with Crippen molar-refractivity contribution in [2.75, 3.05) is 24.4 Å². The van der Waals surface area contributed by atoms with Crippen LogP contribution in [0, 0.1) is 0 Å². The van der Waals surface area contributed by atoms with E-state index < -0.39 is 0 Å². The molecule has 0 aliphatic rings. The van der Waals surface area contributed by atoms with E-state index in [9.17, 15) is 9.59 Å². The summed E-state index contributed by atoms with van der Waals surface area (Å²) in [5.74, 6) is 1.30. The minimum atomic E-state index is -0.275. The van der Waals surface area contributed by atoms with Crippen molar-refractivity contribution in [3.63, 3.8) is 0 Å². The zero-order valence-corrected chi connectivity index (χ0v) is 18.3. The molecule has 0 radical (unpaired) electrons. The molecule has 2 N–H and O–H groups in total. The average molecular weight is 413 g/mol. The van der Waals surface area contributed by atoms with E-state index in [1.54, 1.807) is 18.2 Å². The molecule has 2 aromatic rings. The number of carbonyl (C=O) groups is 2. The summed E-state index contributed by atoms with van der Waals surface area (Å²) in [6, 6.07) is 12.9. The fourth-order valence-electron chi connectivity index (χ4n) is 2.90. The molecule has 2 rings (SSSR count). The maximum Gasteiger partial charge on any atom is 0.262 e. The molecule has 1 atom stereocenters. The average Bonchev–Trinajstić information content (AvgIpc) is 2.77. The first-order valence-electron chi connectivity index (χ1n) is 10.5. The Labute approximate surface area is 179 Å². The quantitative estimate of drug-likeness (QED) is 0.521. The Kier molecular flexibility index (Phi) is 9.19. The number of unbranched alkanes of at least 4 members (excludes halogenated alkanes) is 1. The zero-order valence-electron chi connectivity index (χ0n) is 18.3. The van der Waals surface area contributed by atoms with Gasteiger partial charge in [0.1, 0.15) is 11.5 Å². The van der Waals surface area contributed by atoms with E-state index in [2.05, 4.69) is 24.5 Å². The number of amides is 2. The smallest absolute Gasteiger partial charge is 0.262 e. The molecule has 30 heavy (non-hydrogen) atoms. The third kappa shape index (κ3) is 7.10. The van der Waals surface area contributed by atoms with Gasteiger partial charge in [0.05, 0.1) is 12.8 Å². The number of rotatable bonds is 11. The van der Waals surface area contributed by atoms with Crippen molar-refractivity contribution in [1.82, 2.24) is 0 Å². The van der Waals surface area contributed by atoms with Gasteiger partial charge in [-0.05, 0) is 48.6 Å². The first-order valence-corrected chi connectivity index (χ1v) is 10.5. The highest BCUT2D eigenvalue weighted by molar-refractivity contribution is 5.95. The van der Waals surface area contributed by atoms with E-state index in [1.807, 2.05) is 31.2 Å². The monoisotopic (exact) mass is 412 g/mol. The number of ether oxygens (including phenoxy) is 2. The number of hydrogen-bond donors (Lipinski definition) is 2. The molecule has 0 spiro atoms. The number of nitrogens with one attached hydrogen (secondary N) is 2. The molecule has 0 heterocycles. The number of benzene rings is 2. The van der Waals surface area contributed by atoms with Crippen molar-refractivity contribution >= 4 is 23.2 Å². The highest BCUT2D eigenvalue weighted by atomic mass is 16.5. The lowest BCUT2D eigenvalue weighted by Gasteiger charge is -2.13. The number of hydrogen-bond acceptors (Lipinski definition) is 4. The van der Waals surface area contributed by atoms with Crippen LogP contribution in [0.4, 0.5) is 11.4 Å². The fraction of sp³-hybridized carbons (Fsp3) is 0.417. The third-order valence-electron chi connectivity index (χ3n) is 4.95. The number of anilines is 2. The maximum absolute atomic E-state index is 12.2. The lowest BCUT2D eigenvalue weighted by molar-refractivity contribution is -0.118. The molecule has 0 fully saturated rings. The molecule has 2 aromatic carbocycles. The van der Waals surface area contributed by atoms with Crippen molar-refractivity contribution in [3.05, 3.63) is 48.0 Å². The maximum atomic E-state index is 12.2. The molecule has 0 saturated heterocycles. The highest BCUT2D eigenvalue weighted by Gasteiger charge is 2.11. The van der Waals surface area contributed by atoms with Crippen LogP contribution in [0.5, 0.6) is 11.5 Å². The summed E-state index contributed by atoms with van der Waals surface area (Å²) in [7, 11) is 1.52. The molecule has 0 aliphatic carbocycles. The Hall–Kier alpha value is -3.02. The van der Waals surface area contributed by atoms with Crippen LogP contribution in [-0.2, 0) is 9.59 Å². The minimum absolute atomic E-state index is 0.0558. The van der Waals surface area contributed by atoms with E-state index in [0.29, 0.717) is 35.2 Å². The molecule has 6 heteroatoms. The van der Waals surface area contributed by atoms with Crippen molar-refractivity contribution in [3.8, 4) is 11.5 Å². The lowest BCUT2D eigenvalue weighted by atomic mass is 9.99. The van der Waals surface area contributed by atoms with E-state index in [4.69, 9.17) is 9.47 Å². The van der Waals surface area contributed by atoms with E-state index in [-0.39, 0.29) is 18.4 Å². The standard InChI is InChI=1S/C24H32N2O4/c1-5-7-8-23(27)26-21-14-11-19(15-22(21)29-4)25-24(28)16-30-20-12-9-18(10-13-20)17(3)6-2/h9-15,17H,5-8,16H2,1-4H3,(H,25,28)(H,26,27). The first kappa shape index (κ1) is 23.3. The molecule has 0 saturated carbocycles. The Bertz CT molecular complexity index is 834. The molecule has 162 valence electrons. The van der Waals surface area contributed by atoms with Gasteiger partial charge < -0.3 is 20.1 Å². The Morgan fingerprint density at radius 1 is 1.00 bits per heavy atom. The van der Waals surface area contributed by atoms with Crippen molar-refractivity contribution in [1.29, 1.82) is 0 Å². The van der Waals surface area contributed by atoms with Crippen LogP contribution in [0.15, 0.2) is 42.5 Å². The summed E-state index contributed by atoms with van der Waals surface area (Å²) in [5.41, 5.74) is 2.40. The molecular weight excluding hydrogens is 380 g/mol. The zero-order chi connectivity index (χ0) is 21.9. The van der Waals surface area contributed by atoms with Gasteiger partial charge in [-0.2, -0.15) is 0 Å². The normalized spacial score (nSPS) is 11.5. The van der Waals surface area contributed by atoms with Crippen molar-refractivity contribution in [2.45, 2.75) is 52.4 Å². The van der Waals surface area contributed by atoms with Crippen LogP contribution < -0.4 is 20.1 Å². The van der Waals surface area contributed by atoms with Crippen LogP contribution in [0.3, 0.4) is 0 Å². The minimum Gasteiger partial charge on any atom is -0.494 e. The Morgan fingerprint density at radius 2 is 1.73 bits per heavy atom. The molecule has 0 aliphatic heterocycles. The molecule has 0 aromatic heterocycles. The van der Waals surface area contributed by atoms with Gasteiger partial charge in [0, 0.05) is 18.2 Å². The number of carbonyl (C=O) groups excluding carboxylic acids is 2. The van der Waals surface area contributed by atoms with Crippen LogP contribution >= 0.6 is 0 Å². The fourth-order valence-corrected chi connectivity index (χ4v) is 2.90. The van der Waals surface area contributed by atoms with Crippen molar-refractivity contribution in [2.24, 2.45) is 0 Å². The van der Waals surface area contributed by atoms with Crippen LogP contribution in [-0.4, -0.2) is 25.5 Å². The van der Waals surface area contributed by atoms with Gasteiger partial charge in [-0.15, -0.1) is 0 Å². The van der Waals surface area contributed by atoms with E-state index >= 15 is 0 Å². The van der Waals surface area contributed by atoms with E-state index in [1.165, 1.54) is 12.7 Å². The summed E-state index contributed by atoms with van der Waals surface area (Å²) in [6.45, 7) is 6.28. The van der Waals surface area contributed by atoms with E-state index in [0.717, 1.165) is 19.3 Å². The Morgan fingerprint density at radius 3 is 2.37 bits per heavy atom. The summed E-state index contributed by atoms with van der Waals surface area (Å²) >= 11 is 0. The predicted octanol–water partition coefficient (Wildman–Crippen LogP) is 5.35. The van der Waals surface area contributed by atoms with Crippen LogP contribution in [0.2, 0.25) is 0 Å². The molecule has 6 nitrogen and oxygen atoms in total. The molecular formula is C24H32N2O4. The second-order valence-electron chi connectivity index (χ2n) is 7.28. The first-order chi connectivity index (χ1) is 14.5. The van der Waals surface area contributed by atoms with Gasteiger partial charge in [0.25, 0.3) is 5.91 Å². The lowest BCUT2D eigenvalue weighted by Crippen LogP contribution is -2.20. The summed E-state index contributed by atoms with van der Waals surface area (Å²) < 4.78 is 10.9. The summed E-state index contributed by atoms with van der Waals surface area (Å²) in [6.07, 6.45) is 3.34. The van der Waals surface area contributed by atoms with Gasteiger partial charge in [0.15, 0.2) is 6.61 Å². The second kappa shape index (κ2) is 11.9. The SMILES string of the molecule is CCCCC(=O)Nc1ccc(NC(=O)COc2ccc(C(C)CC)cc2)cc1OC. The largest absolute Gasteiger partial charge is 0.494 e. The molecule has 2 amide bonds. The van der Waals surface area contributed by atoms with Crippen LogP contribution in [0.25, 0.3) is 0 Å². The third-order valence-corrected chi connectivity index (χ3v) is 4.95. The molecule has 1 unspecified atom stereocenters. The van der Waals surface area contributed by atoms with Crippen LogP contribution in [0.1, 0.15) is 57.9 Å². The van der Waals surface area contributed by atoms with Gasteiger partial charge in [0.2, 0.25) is 5.91 Å². The topological polar surface area (TPSA) is 76.7 Å². The van der Waals surface area contributed by atoms with Gasteiger partial charge >= 0.3 is 0 Å². The second-order valence-corrected chi connectivity index (χ2v) is 7.28. The summed E-state index contributed by atoms with van der Waals surface area (Å²) in [4.78, 5) is 24.2. The summed E-state index contributed by atoms with van der Waals surface area (Å²) in [5, 5.41) is 5.62. The van der Waals surface area contributed by atoms with Crippen molar-refractivity contribution < 1.29 is 19.1 Å². The predicted molar refractivity (Wildman–Crippen MR) is 120 cm³/mol. The van der Waals surface area contributed by atoms with Gasteiger partial charge in [-0.3, -0.25) is 9.59 Å². The Balaban J connectivity index is 1.90. The van der Waals surface area contributed by atoms with Gasteiger partial charge in [-0.1, -0.05) is 39.3 Å².